The van der Waals surface area contributed by atoms with E-state index in [1.807, 2.05) is 0 Å². The smallest absolute Gasteiger partial charge is 0.0406 e. The van der Waals surface area contributed by atoms with Gasteiger partial charge in [-0.15, -0.1) is 0 Å². The molecule has 1 unspecified atom stereocenters. The minimum absolute atomic E-state index is 0.697. The molecule has 0 saturated carbocycles. The molecule has 15 heavy (non-hydrogen) atoms. The predicted molar refractivity (Wildman–Crippen MR) is 65.6 cm³/mol. The van der Waals surface area contributed by atoms with Crippen LogP contribution in [0, 0.1) is 6.92 Å². The molecule has 0 aromatic heterocycles. The highest BCUT2D eigenvalue weighted by atomic mass is 15.0. The molecule has 1 aliphatic heterocycles. The van der Waals surface area contributed by atoms with Gasteiger partial charge in [0, 0.05) is 18.2 Å². The third kappa shape index (κ3) is 2.15. The first kappa shape index (κ1) is 10.5. The number of benzene rings is 1. The summed E-state index contributed by atoms with van der Waals surface area (Å²) in [5, 5.41) is 3.52. The molecule has 2 heteroatoms. The average Bonchev–Trinajstić information content (AvgIpc) is 2.59. The Bertz CT molecular complexity index is 344. The van der Waals surface area contributed by atoms with Gasteiger partial charge in [-0.3, -0.25) is 0 Å². The second-order valence-corrected chi connectivity index (χ2v) is 4.71. The molecule has 1 aromatic carbocycles. The number of para-hydroxylation sites is 1. The summed E-state index contributed by atoms with van der Waals surface area (Å²) in [6.45, 7) is 4.45. The zero-order chi connectivity index (χ0) is 10.8. The van der Waals surface area contributed by atoms with Crippen LogP contribution in [0.25, 0.3) is 0 Å². The molecule has 2 nitrogen and oxygen atoms in total. The van der Waals surface area contributed by atoms with Crippen molar-refractivity contribution in [1.29, 1.82) is 0 Å². The van der Waals surface area contributed by atoms with E-state index in [-0.39, 0.29) is 0 Å². The first-order chi connectivity index (χ1) is 7.18. The van der Waals surface area contributed by atoms with Crippen LogP contribution in [0.5, 0.6) is 0 Å². The van der Waals surface area contributed by atoms with Crippen LogP contribution in [0.15, 0.2) is 18.2 Å². The fraction of sp³-hybridized carbons (Fsp3) is 0.538. The van der Waals surface area contributed by atoms with Gasteiger partial charge in [0.2, 0.25) is 0 Å². The van der Waals surface area contributed by atoms with E-state index in [1.54, 1.807) is 0 Å². The molecule has 0 radical (unpaired) electrons. The van der Waals surface area contributed by atoms with Crippen molar-refractivity contribution >= 4 is 5.69 Å². The summed E-state index contributed by atoms with van der Waals surface area (Å²) in [5.74, 6) is 0.697. The molecule has 0 spiro atoms. The fourth-order valence-electron chi connectivity index (χ4n) is 2.28. The van der Waals surface area contributed by atoms with Gasteiger partial charge in [0.05, 0.1) is 0 Å². The van der Waals surface area contributed by atoms with Crippen molar-refractivity contribution in [3.05, 3.63) is 29.3 Å². The Morgan fingerprint density at radius 2 is 2.20 bits per heavy atom. The molecule has 0 fully saturated rings. The van der Waals surface area contributed by atoms with Gasteiger partial charge in [-0.1, -0.05) is 18.2 Å². The Labute approximate surface area is 92.3 Å². The van der Waals surface area contributed by atoms with E-state index in [4.69, 9.17) is 0 Å². The zero-order valence-electron chi connectivity index (χ0n) is 9.88. The Morgan fingerprint density at radius 1 is 1.40 bits per heavy atom. The highest BCUT2D eigenvalue weighted by molar-refractivity contribution is 5.62. The van der Waals surface area contributed by atoms with Crippen molar-refractivity contribution in [3.8, 4) is 0 Å². The number of rotatable bonds is 3. The summed E-state index contributed by atoms with van der Waals surface area (Å²) in [4.78, 5) is 2.26. The fourth-order valence-corrected chi connectivity index (χ4v) is 2.28. The van der Waals surface area contributed by atoms with Crippen LogP contribution in [-0.4, -0.2) is 32.1 Å². The topological polar surface area (TPSA) is 15.3 Å². The number of hydrogen-bond donors (Lipinski definition) is 1. The van der Waals surface area contributed by atoms with E-state index in [2.05, 4.69) is 49.4 Å². The first-order valence-corrected chi connectivity index (χ1v) is 5.66. The van der Waals surface area contributed by atoms with Crippen LogP contribution >= 0.6 is 0 Å². The van der Waals surface area contributed by atoms with E-state index in [1.165, 1.54) is 29.8 Å². The average molecular weight is 204 g/mol. The van der Waals surface area contributed by atoms with Gasteiger partial charge < -0.3 is 10.2 Å². The number of anilines is 1. The van der Waals surface area contributed by atoms with E-state index < -0.39 is 0 Å². The van der Waals surface area contributed by atoms with Gasteiger partial charge in [0.1, 0.15) is 0 Å². The van der Waals surface area contributed by atoms with E-state index in [9.17, 15) is 0 Å². The van der Waals surface area contributed by atoms with Crippen molar-refractivity contribution in [2.45, 2.75) is 19.3 Å². The van der Waals surface area contributed by atoms with Gasteiger partial charge in [-0.25, -0.2) is 0 Å². The summed E-state index contributed by atoms with van der Waals surface area (Å²) in [6, 6.07) is 6.62. The second kappa shape index (κ2) is 4.23. The van der Waals surface area contributed by atoms with Gasteiger partial charge in [-0.05, 0) is 45.1 Å². The highest BCUT2D eigenvalue weighted by Crippen LogP contribution is 2.35. The molecule has 0 saturated heterocycles. The minimum Gasteiger partial charge on any atom is -0.384 e. The Morgan fingerprint density at radius 3 is 2.93 bits per heavy atom. The monoisotopic (exact) mass is 204 g/mol. The quantitative estimate of drug-likeness (QED) is 0.813. The lowest BCUT2D eigenvalue weighted by Gasteiger charge is -2.14. The lowest BCUT2D eigenvalue weighted by atomic mass is 9.96. The Balaban J connectivity index is 2.11. The van der Waals surface area contributed by atoms with Crippen LogP contribution in [0.1, 0.15) is 23.5 Å². The van der Waals surface area contributed by atoms with Crippen LogP contribution in [0.4, 0.5) is 5.69 Å². The molecule has 0 amide bonds. The molecule has 1 N–H and O–H groups in total. The van der Waals surface area contributed by atoms with Gasteiger partial charge in [0.15, 0.2) is 0 Å². The largest absolute Gasteiger partial charge is 0.384 e. The maximum absolute atomic E-state index is 3.52. The third-order valence-electron chi connectivity index (χ3n) is 3.19. The maximum atomic E-state index is 3.52. The van der Waals surface area contributed by atoms with Gasteiger partial charge in [-0.2, -0.15) is 0 Å². The number of nitrogens with zero attached hydrogens (tertiary/aromatic N) is 1. The van der Waals surface area contributed by atoms with Crippen molar-refractivity contribution < 1.29 is 0 Å². The zero-order valence-corrected chi connectivity index (χ0v) is 9.88. The van der Waals surface area contributed by atoms with Gasteiger partial charge in [0.25, 0.3) is 0 Å². The molecule has 1 atom stereocenters. The first-order valence-electron chi connectivity index (χ1n) is 5.66. The number of aryl methyl sites for hydroxylation is 1. The van der Waals surface area contributed by atoms with Crippen molar-refractivity contribution in [2.75, 3.05) is 32.5 Å². The molecule has 1 heterocycles. The van der Waals surface area contributed by atoms with Crippen molar-refractivity contribution in [3.63, 3.8) is 0 Å². The lowest BCUT2D eigenvalue weighted by molar-refractivity contribution is 0.386. The number of hydrogen-bond acceptors (Lipinski definition) is 2. The van der Waals surface area contributed by atoms with Crippen LogP contribution in [0.2, 0.25) is 0 Å². The molecule has 1 aliphatic rings. The second-order valence-electron chi connectivity index (χ2n) is 4.71. The summed E-state index contributed by atoms with van der Waals surface area (Å²) in [7, 11) is 4.28. The molecule has 82 valence electrons. The standard InChI is InChI=1S/C13H20N2/c1-10-5-4-6-12-11(7-8-15(2)3)9-14-13(10)12/h4-6,11,14H,7-9H2,1-3H3. The Hall–Kier alpha value is -1.02. The third-order valence-corrected chi connectivity index (χ3v) is 3.19. The van der Waals surface area contributed by atoms with Crippen molar-refractivity contribution in [2.24, 2.45) is 0 Å². The number of nitrogens with one attached hydrogen (secondary N) is 1. The molecule has 2 rings (SSSR count). The SMILES string of the molecule is Cc1cccc2c1NCC2CCN(C)C. The normalized spacial score (nSPS) is 19.1. The molecule has 0 aliphatic carbocycles. The predicted octanol–water partition coefficient (Wildman–Crippen LogP) is 2.46. The van der Waals surface area contributed by atoms with Gasteiger partial charge >= 0.3 is 0 Å². The van der Waals surface area contributed by atoms with Crippen LogP contribution in [-0.2, 0) is 0 Å². The molecular weight excluding hydrogens is 184 g/mol. The van der Waals surface area contributed by atoms with Crippen molar-refractivity contribution in [1.82, 2.24) is 4.90 Å². The minimum atomic E-state index is 0.697. The maximum Gasteiger partial charge on any atom is 0.0406 e. The van der Waals surface area contributed by atoms with E-state index in [0.717, 1.165) is 6.54 Å². The summed E-state index contributed by atoms with van der Waals surface area (Å²) >= 11 is 0. The van der Waals surface area contributed by atoms with Crippen LogP contribution < -0.4 is 5.32 Å². The Kier molecular flexibility index (Phi) is 2.96. The highest BCUT2D eigenvalue weighted by Gasteiger charge is 2.22. The molecule has 1 aromatic rings. The molecular formula is C13H20N2. The molecule has 0 bridgehead atoms. The lowest BCUT2D eigenvalue weighted by Crippen LogP contribution is -2.16. The summed E-state index contributed by atoms with van der Waals surface area (Å²) in [5.41, 5.74) is 4.26. The summed E-state index contributed by atoms with van der Waals surface area (Å²) < 4.78 is 0. The van der Waals surface area contributed by atoms with Crippen LogP contribution in [0.3, 0.4) is 0 Å². The van der Waals surface area contributed by atoms with E-state index >= 15 is 0 Å². The number of fused-ring (bicyclic) bond motifs is 1. The van der Waals surface area contributed by atoms with E-state index in [0.29, 0.717) is 5.92 Å². The summed E-state index contributed by atoms with van der Waals surface area (Å²) in [6.07, 6.45) is 1.25.